The lowest BCUT2D eigenvalue weighted by atomic mass is 10.1. The van der Waals surface area contributed by atoms with Gasteiger partial charge in [0.15, 0.2) is 0 Å². The van der Waals surface area contributed by atoms with Gasteiger partial charge in [0, 0.05) is 0 Å². The Morgan fingerprint density at radius 3 is 1.33 bits per heavy atom. The molecule has 1 rings (SSSR count). The molecule has 5 unspecified atom stereocenters. The zero-order valence-corrected chi connectivity index (χ0v) is 23.2. The third-order valence-corrected chi connectivity index (χ3v) is 4.69. The summed E-state index contributed by atoms with van der Waals surface area (Å²) in [5.74, 6) is -3.05. The minimum Gasteiger partial charge on any atom is -0.790 e. The van der Waals surface area contributed by atoms with Gasteiger partial charge in [0.05, 0.1) is 14.4 Å². The highest BCUT2D eigenvalue weighted by atomic mass is 31.2. The van der Waals surface area contributed by atoms with Crippen molar-refractivity contribution in [3.63, 3.8) is 0 Å². The smallest absolute Gasteiger partial charge is 0.534 e. The van der Waals surface area contributed by atoms with Gasteiger partial charge in [0.2, 0.25) is 5.79 Å². The lowest BCUT2D eigenvalue weighted by Gasteiger charge is -2.33. The first-order valence-electron chi connectivity index (χ1n) is 9.78. The molecule has 1 saturated heterocycles. The molecule has 1 heterocycles. The molecule has 1 fully saturated rings. The fourth-order valence-electron chi connectivity index (χ4n) is 1.88. The van der Waals surface area contributed by atoms with Crippen molar-refractivity contribution in [3.05, 3.63) is 0 Å². The lowest BCUT2D eigenvalue weighted by Crippen LogP contribution is -2.47. The number of ether oxygens (including phenoxy) is 1. The number of rotatable bonds is 35. The van der Waals surface area contributed by atoms with Gasteiger partial charge in [0.25, 0.3) is 0 Å². The Morgan fingerprint density at radius 1 is 0.592 bits per heavy atom. The van der Waals surface area contributed by atoms with Crippen molar-refractivity contribution in [1.29, 1.82) is 0 Å². The van der Waals surface area contributed by atoms with Crippen LogP contribution in [0, 0.1) is 0 Å². The largest absolute Gasteiger partial charge is 0.790 e. The van der Waals surface area contributed by atoms with Crippen LogP contribution in [-0.4, -0.2) is 57.9 Å². The van der Waals surface area contributed by atoms with Gasteiger partial charge >= 0.3 is 7.82 Å². The highest BCUT2D eigenvalue weighted by molar-refractivity contribution is 7.48. The average Bonchev–Trinajstić information content (AvgIpc) is 3.28. The zero-order chi connectivity index (χ0) is 36.3. The van der Waals surface area contributed by atoms with Crippen LogP contribution >= 0.6 is 15.6 Å². The van der Waals surface area contributed by atoms with Crippen molar-refractivity contribution in [1.82, 2.24) is 0 Å². The van der Waals surface area contributed by atoms with E-state index in [1.807, 2.05) is 0 Å². The summed E-state index contributed by atoms with van der Waals surface area (Å²) in [6, 6.07) is 0. The predicted octanol–water partition coefficient (Wildman–Crippen LogP) is -6.30. The van der Waals surface area contributed by atoms with E-state index in [0.717, 1.165) is 0 Å². The first-order valence-corrected chi connectivity index (χ1v) is 12.7. The normalized spacial score (nSPS) is 22.6. The Bertz CT molecular complexity index is 863. The third-order valence-electron chi connectivity index (χ3n) is 3.29. The molecule has 1 aliphatic rings. The highest BCUT2D eigenvalue weighted by Crippen LogP contribution is 2.51. The molecule has 0 aliphatic carbocycles. The topological polar surface area (TPSA) is 480 Å². The van der Waals surface area contributed by atoms with Crippen molar-refractivity contribution in [2.24, 2.45) is 0 Å². The SMILES string of the molecule is O=P([O-])([O-])OCC1(O)OC(COP(=O)(OOOOOOOOOOOOOOO)OOOOOOOOOOOOOOO[O-])C(O)C1O. The van der Waals surface area contributed by atoms with Crippen molar-refractivity contribution in [2.45, 2.75) is 24.1 Å². The van der Waals surface area contributed by atoms with Crippen LogP contribution in [0.4, 0.5) is 0 Å². The first-order chi connectivity index (χ1) is 23.5. The number of hydrogen-bond acceptors (Lipinski definition) is 41. The number of phosphoric acid groups is 2. The Labute approximate surface area is 258 Å². The molecule has 0 aromatic rings. The summed E-state index contributed by atoms with van der Waals surface area (Å²) in [6.07, 6.45) is -6.53. The molecule has 0 saturated carbocycles. The van der Waals surface area contributed by atoms with Gasteiger partial charge in [-0.15, -0.1) is 0 Å². The molecule has 0 amide bonds. The molecule has 294 valence electrons. The van der Waals surface area contributed by atoms with E-state index in [0.29, 0.717) is 0 Å². The summed E-state index contributed by atoms with van der Waals surface area (Å²) >= 11 is 0. The summed E-state index contributed by atoms with van der Waals surface area (Å²) in [4.78, 5) is 21.3. The van der Waals surface area contributed by atoms with Gasteiger partial charge in [0.1, 0.15) is 24.9 Å². The molecule has 49 heavy (non-hydrogen) atoms. The van der Waals surface area contributed by atoms with Gasteiger partial charge in [-0.2, -0.15) is 0 Å². The molecular weight excluding hydrogens is 790 g/mol. The van der Waals surface area contributed by atoms with Gasteiger partial charge in [-0.1, -0.05) is 9.35 Å². The Morgan fingerprint density at radius 2 is 0.959 bits per heavy atom. The van der Waals surface area contributed by atoms with E-state index in [2.05, 4.69) is 154 Å². The summed E-state index contributed by atoms with van der Waals surface area (Å²) in [5, 5.41) is 139. The number of hydrogen-bond donors (Lipinski definition) is 4. The molecule has 0 bridgehead atoms. The maximum Gasteiger partial charge on any atom is 0.534 e. The minimum atomic E-state index is -5.71. The molecule has 43 heteroatoms. The van der Waals surface area contributed by atoms with Crippen molar-refractivity contribution in [2.75, 3.05) is 13.2 Å². The Hall–Kier alpha value is -1.10. The summed E-state index contributed by atoms with van der Waals surface area (Å²) in [5.41, 5.74) is 0. The average molecular weight is 801 g/mol. The van der Waals surface area contributed by atoms with Crippen LogP contribution in [0.2, 0.25) is 0 Å². The third kappa shape index (κ3) is 23.2. The van der Waals surface area contributed by atoms with E-state index in [-0.39, 0.29) is 0 Å². The molecule has 41 nitrogen and oxygen atoms in total. The second-order valence-electron chi connectivity index (χ2n) is 5.89. The van der Waals surface area contributed by atoms with Gasteiger partial charge in [-0.05, 0) is 131 Å². The van der Waals surface area contributed by atoms with Gasteiger partial charge < -0.3 is 44.2 Å². The quantitative estimate of drug-likeness (QED) is 0.0200. The van der Waals surface area contributed by atoms with E-state index < -0.39 is 53.0 Å². The van der Waals surface area contributed by atoms with Crippen LogP contribution in [0.15, 0.2) is 0 Å². The van der Waals surface area contributed by atoms with Crippen molar-refractivity contribution < 1.29 is 204 Å². The van der Waals surface area contributed by atoms with Crippen LogP contribution in [0.25, 0.3) is 0 Å². The van der Waals surface area contributed by atoms with Crippen LogP contribution in [-0.2, 0) is 168 Å². The van der Waals surface area contributed by atoms with Crippen LogP contribution in [0.5, 0.6) is 0 Å². The molecular formula is C6H11O41P2-3. The van der Waals surface area contributed by atoms with E-state index >= 15 is 0 Å². The zero-order valence-electron chi connectivity index (χ0n) is 21.4. The molecule has 0 aromatic heterocycles. The second-order valence-corrected chi connectivity index (χ2v) is 8.50. The summed E-state index contributed by atoms with van der Waals surface area (Å²) in [6.45, 7) is -2.82. The van der Waals surface area contributed by atoms with E-state index in [4.69, 9.17) is 9.99 Å². The highest BCUT2D eigenvalue weighted by Gasteiger charge is 2.54. The Kier molecular flexibility index (Phi) is 25.8. The maximum absolute atomic E-state index is 12.6. The van der Waals surface area contributed by atoms with Gasteiger partial charge in [-0.25, -0.2) is 9.82 Å². The fourth-order valence-corrected chi connectivity index (χ4v) is 2.86. The lowest BCUT2D eigenvalue weighted by molar-refractivity contribution is -0.918. The first kappa shape index (κ1) is 45.9. The monoisotopic (exact) mass is 801 g/mol. The van der Waals surface area contributed by atoms with E-state index in [9.17, 15) is 39.5 Å². The standard InChI is InChI=1S/C6H14O41P2/c7-4-3(18-6(9,5(4)8)2-17-48(12,13)14)1-16-49(15,46-44-42-40-38-36-34-32-30-28-26-24-22-20-11)47-45-43-41-39-37-35-33-31-29-27-25-23-21-19-10/h3-5,7-11H,1-2H2,(H2,12,13,14)/p-3. The minimum absolute atomic E-state index is 1.29. The van der Waals surface area contributed by atoms with E-state index in [1.54, 1.807) is 0 Å². The molecule has 0 aromatic carbocycles. The van der Waals surface area contributed by atoms with Crippen molar-refractivity contribution in [3.8, 4) is 0 Å². The number of phosphoric ester groups is 1. The van der Waals surface area contributed by atoms with Crippen LogP contribution in [0.1, 0.15) is 0 Å². The molecule has 0 spiro atoms. The fraction of sp³-hybridized carbons (Fsp3) is 1.00. The molecule has 5 atom stereocenters. The maximum atomic E-state index is 12.6. The van der Waals surface area contributed by atoms with Crippen molar-refractivity contribution >= 4 is 15.6 Å². The molecule has 0 radical (unpaired) electrons. The molecule has 1 aliphatic heterocycles. The second kappa shape index (κ2) is 27.5. The summed E-state index contributed by atoms with van der Waals surface area (Å²) < 4.78 is 44.3. The van der Waals surface area contributed by atoms with Crippen LogP contribution < -0.4 is 15.0 Å². The predicted molar refractivity (Wildman–Crippen MR) is 83.0 cm³/mol. The number of aliphatic hydroxyl groups excluding tert-OH is 2. The molecule has 4 N–H and O–H groups in total. The Balaban J connectivity index is 2.43. The number of aliphatic hydroxyl groups is 3. The van der Waals surface area contributed by atoms with Gasteiger partial charge in [-0.3, -0.25) is 9.56 Å². The van der Waals surface area contributed by atoms with Crippen LogP contribution in [0.3, 0.4) is 0 Å². The summed E-state index contributed by atoms with van der Waals surface area (Å²) in [7, 11) is -11.2. The van der Waals surface area contributed by atoms with E-state index in [1.165, 1.54) is 0 Å².